The van der Waals surface area contributed by atoms with Gasteiger partial charge in [0.1, 0.15) is 0 Å². The molecule has 0 spiro atoms. The van der Waals surface area contributed by atoms with Gasteiger partial charge in [-0.25, -0.2) is 0 Å². The van der Waals surface area contributed by atoms with Gasteiger partial charge in [-0.15, -0.1) is 0 Å². The fraction of sp³-hybridized carbons (Fsp3) is 0.846. The molecule has 1 heterocycles. The van der Waals surface area contributed by atoms with Crippen LogP contribution in [0.5, 0.6) is 0 Å². The van der Waals surface area contributed by atoms with E-state index in [9.17, 15) is 9.59 Å². The van der Waals surface area contributed by atoms with Crippen LogP contribution >= 0.6 is 11.8 Å². The first-order valence-corrected chi connectivity index (χ1v) is 7.85. The first-order valence-electron chi connectivity index (χ1n) is 6.80. The maximum absolute atomic E-state index is 11.8. The fourth-order valence-electron chi connectivity index (χ4n) is 2.64. The molecular weight excluding hydrogens is 248 g/mol. The molecule has 1 saturated carbocycles. The second-order valence-electron chi connectivity index (χ2n) is 5.24. The van der Waals surface area contributed by atoms with Gasteiger partial charge in [0.2, 0.25) is 11.8 Å². The minimum Gasteiger partial charge on any atom is -0.355 e. The highest BCUT2D eigenvalue weighted by Gasteiger charge is 2.31. The molecule has 2 amide bonds. The molecule has 2 rings (SSSR count). The second-order valence-corrected chi connectivity index (χ2v) is 6.65. The molecule has 5 heteroatoms. The summed E-state index contributed by atoms with van der Waals surface area (Å²) in [5.74, 6) is 0.974. The summed E-state index contributed by atoms with van der Waals surface area (Å²) < 4.78 is 0. The Kier molecular flexibility index (Phi) is 4.92. The third kappa shape index (κ3) is 3.64. The highest BCUT2D eigenvalue weighted by Crippen LogP contribution is 2.28. The summed E-state index contributed by atoms with van der Waals surface area (Å²) in [6, 6.07) is 0. The van der Waals surface area contributed by atoms with Gasteiger partial charge in [-0.1, -0.05) is 12.8 Å². The van der Waals surface area contributed by atoms with Gasteiger partial charge in [0, 0.05) is 37.6 Å². The average molecular weight is 270 g/mol. The summed E-state index contributed by atoms with van der Waals surface area (Å²) in [7, 11) is 1.76. The fourth-order valence-corrected chi connectivity index (χ4v) is 3.86. The van der Waals surface area contributed by atoms with Gasteiger partial charge in [0.15, 0.2) is 0 Å². The van der Waals surface area contributed by atoms with Crippen molar-refractivity contribution in [3.05, 3.63) is 0 Å². The quantitative estimate of drug-likeness (QED) is 0.765. The molecule has 1 aliphatic heterocycles. The van der Waals surface area contributed by atoms with Crippen LogP contribution in [-0.2, 0) is 9.59 Å². The zero-order chi connectivity index (χ0) is 13.0. The molecular formula is C13H22N2O2S. The van der Waals surface area contributed by atoms with Gasteiger partial charge >= 0.3 is 0 Å². The monoisotopic (exact) mass is 270 g/mol. The van der Waals surface area contributed by atoms with Gasteiger partial charge < -0.3 is 10.2 Å². The minimum atomic E-state index is -0.140. The van der Waals surface area contributed by atoms with Crippen LogP contribution in [0.2, 0.25) is 0 Å². The summed E-state index contributed by atoms with van der Waals surface area (Å²) in [4.78, 5) is 24.8. The lowest BCUT2D eigenvalue weighted by molar-refractivity contribution is -0.128. The third-order valence-electron chi connectivity index (χ3n) is 3.77. The van der Waals surface area contributed by atoms with E-state index in [-0.39, 0.29) is 17.7 Å². The molecule has 0 bridgehead atoms. The van der Waals surface area contributed by atoms with Crippen LogP contribution in [0.25, 0.3) is 0 Å². The van der Waals surface area contributed by atoms with Crippen molar-refractivity contribution in [1.82, 2.24) is 10.2 Å². The van der Waals surface area contributed by atoms with Crippen LogP contribution in [0.4, 0.5) is 0 Å². The zero-order valence-corrected chi connectivity index (χ0v) is 11.8. The Hall–Kier alpha value is -0.710. The van der Waals surface area contributed by atoms with Crippen molar-refractivity contribution in [1.29, 1.82) is 0 Å². The van der Waals surface area contributed by atoms with Gasteiger partial charge in [-0.2, -0.15) is 11.8 Å². The molecule has 0 unspecified atom stereocenters. The van der Waals surface area contributed by atoms with Crippen LogP contribution in [0.1, 0.15) is 32.1 Å². The number of thioether (sulfide) groups is 1. The molecule has 1 saturated heterocycles. The number of nitrogens with one attached hydrogen (secondary N) is 1. The normalized spacial score (nSPS) is 24.8. The van der Waals surface area contributed by atoms with Crippen LogP contribution in [-0.4, -0.2) is 47.9 Å². The molecule has 0 aromatic rings. The summed E-state index contributed by atoms with van der Waals surface area (Å²) >= 11 is 1.98. The van der Waals surface area contributed by atoms with Crippen molar-refractivity contribution < 1.29 is 9.59 Å². The summed E-state index contributed by atoms with van der Waals surface area (Å²) in [5.41, 5.74) is 0. The van der Waals surface area contributed by atoms with Gasteiger partial charge in [0.25, 0.3) is 0 Å². The molecule has 102 valence electrons. The van der Waals surface area contributed by atoms with Gasteiger partial charge in [-0.3, -0.25) is 9.59 Å². The molecule has 1 atom stereocenters. The first-order chi connectivity index (χ1) is 8.66. The lowest BCUT2D eigenvalue weighted by Crippen LogP contribution is -2.33. The number of rotatable bonds is 5. The van der Waals surface area contributed by atoms with E-state index < -0.39 is 0 Å². The first kappa shape index (κ1) is 13.7. The lowest BCUT2D eigenvalue weighted by Gasteiger charge is -2.12. The van der Waals surface area contributed by atoms with Gasteiger partial charge in [-0.05, 0) is 12.8 Å². The Bertz CT molecular complexity index is 316. The lowest BCUT2D eigenvalue weighted by atomic mass is 10.1. The van der Waals surface area contributed by atoms with Crippen molar-refractivity contribution in [3.8, 4) is 0 Å². The van der Waals surface area contributed by atoms with E-state index in [1.54, 1.807) is 11.9 Å². The number of amides is 2. The van der Waals surface area contributed by atoms with Crippen LogP contribution in [0.3, 0.4) is 0 Å². The van der Waals surface area contributed by atoms with Crippen molar-refractivity contribution in [2.45, 2.75) is 37.4 Å². The molecule has 1 aliphatic carbocycles. The SMILES string of the molecule is CN1C[C@H](C(=O)NCCSC2CCCC2)CC1=O. The van der Waals surface area contributed by atoms with E-state index in [4.69, 9.17) is 0 Å². The predicted octanol–water partition coefficient (Wildman–Crippen LogP) is 1.26. The molecule has 1 N–H and O–H groups in total. The highest BCUT2D eigenvalue weighted by atomic mass is 32.2. The van der Waals surface area contributed by atoms with E-state index in [0.29, 0.717) is 13.0 Å². The summed E-state index contributed by atoms with van der Waals surface area (Å²) in [5, 5.41) is 3.76. The Labute approximate surface area is 113 Å². The molecule has 2 fully saturated rings. The topological polar surface area (TPSA) is 49.4 Å². The van der Waals surface area contributed by atoms with Gasteiger partial charge in [0.05, 0.1) is 5.92 Å². The Morgan fingerprint density at radius 1 is 1.44 bits per heavy atom. The molecule has 18 heavy (non-hydrogen) atoms. The minimum absolute atomic E-state index is 0.0414. The smallest absolute Gasteiger partial charge is 0.225 e. The standard InChI is InChI=1S/C13H22N2O2S/c1-15-9-10(8-12(15)16)13(17)14-6-7-18-11-4-2-3-5-11/h10-11H,2-9H2,1H3,(H,14,17)/t10-/m1/s1. The number of carbonyl (C=O) groups is 2. The van der Waals surface area contributed by atoms with E-state index in [1.807, 2.05) is 11.8 Å². The predicted molar refractivity (Wildman–Crippen MR) is 73.5 cm³/mol. The number of carbonyl (C=O) groups excluding carboxylic acids is 2. The van der Waals surface area contributed by atoms with E-state index in [0.717, 1.165) is 17.5 Å². The van der Waals surface area contributed by atoms with E-state index in [1.165, 1.54) is 25.7 Å². The van der Waals surface area contributed by atoms with Crippen LogP contribution < -0.4 is 5.32 Å². The average Bonchev–Trinajstić information content (AvgIpc) is 2.96. The Morgan fingerprint density at radius 2 is 2.17 bits per heavy atom. The van der Waals surface area contributed by atoms with Crippen molar-refractivity contribution in [3.63, 3.8) is 0 Å². The number of likely N-dealkylation sites (tertiary alicyclic amines) is 1. The molecule has 4 nitrogen and oxygen atoms in total. The summed E-state index contributed by atoms with van der Waals surface area (Å²) in [6.07, 6.45) is 5.76. The molecule has 0 aromatic heterocycles. The van der Waals surface area contributed by atoms with Crippen molar-refractivity contribution in [2.75, 3.05) is 25.9 Å². The Balaban J connectivity index is 1.58. The number of nitrogens with zero attached hydrogens (tertiary/aromatic N) is 1. The van der Waals surface area contributed by atoms with Crippen LogP contribution in [0, 0.1) is 5.92 Å². The molecule has 0 aromatic carbocycles. The Morgan fingerprint density at radius 3 is 2.78 bits per heavy atom. The van der Waals surface area contributed by atoms with E-state index in [2.05, 4.69) is 5.32 Å². The zero-order valence-electron chi connectivity index (χ0n) is 11.0. The van der Waals surface area contributed by atoms with E-state index >= 15 is 0 Å². The van der Waals surface area contributed by atoms with Crippen molar-refractivity contribution >= 4 is 23.6 Å². The number of hydrogen-bond donors (Lipinski definition) is 1. The summed E-state index contributed by atoms with van der Waals surface area (Å²) in [6.45, 7) is 1.30. The second kappa shape index (κ2) is 6.45. The third-order valence-corrected chi connectivity index (χ3v) is 5.15. The highest BCUT2D eigenvalue weighted by molar-refractivity contribution is 7.99. The molecule has 0 radical (unpaired) electrons. The van der Waals surface area contributed by atoms with Crippen molar-refractivity contribution in [2.24, 2.45) is 5.92 Å². The largest absolute Gasteiger partial charge is 0.355 e. The maximum Gasteiger partial charge on any atom is 0.225 e. The number of hydrogen-bond acceptors (Lipinski definition) is 3. The molecule has 2 aliphatic rings. The van der Waals surface area contributed by atoms with Crippen LogP contribution in [0.15, 0.2) is 0 Å². The maximum atomic E-state index is 11.8.